The van der Waals surface area contributed by atoms with E-state index in [4.69, 9.17) is 0 Å². The maximum absolute atomic E-state index is 12.2. The molecule has 1 aromatic carbocycles. The molecule has 3 N–H and O–H groups in total. The molecule has 0 spiro atoms. The molecule has 116 valence electrons. The molecule has 2 aromatic rings. The molecule has 1 aliphatic rings. The van der Waals surface area contributed by atoms with Crippen LogP contribution in [0.3, 0.4) is 0 Å². The Bertz CT molecular complexity index is 645. The van der Waals surface area contributed by atoms with E-state index in [-0.39, 0.29) is 11.9 Å². The normalized spacial score (nSPS) is 18.1. The third-order valence-corrected chi connectivity index (χ3v) is 3.68. The number of carbonyl (C=O) groups is 1. The Morgan fingerprint density at radius 3 is 3.09 bits per heavy atom. The van der Waals surface area contributed by atoms with Gasteiger partial charge >= 0.3 is 0 Å². The zero-order chi connectivity index (χ0) is 15.4. The van der Waals surface area contributed by atoms with Crippen LogP contribution in [0.15, 0.2) is 36.8 Å². The molecule has 0 saturated carbocycles. The van der Waals surface area contributed by atoms with Crippen molar-refractivity contribution in [2.45, 2.75) is 19.5 Å². The minimum Gasteiger partial charge on any atom is -0.333 e. The van der Waals surface area contributed by atoms with Gasteiger partial charge in [-0.2, -0.15) is 0 Å². The summed E-state index contributed by atoms with van der Waals surface area (Å²) in [5, 5.41) is 9.40. The van der Waals surface area contributed by atoms with Crippen molar-refractivity contribution in [2.75, 3.05) is 25.0 Å². The molecule has 1 amide bonds. The summed E-state index contributed by atoms with van der Waals surface area (Å²) in [7, 11) is 0. The number of anilines is 1. The van der Waals surface area contributed by atoms with Gasteiger partial charge < -0.3 is 20.5 Å². The molecule has 22 heavy (non-hydrogen) atoms. The Kier molecular flexibility index (Phi) is 4.50. The van der Waals surface area contributed by atoms with Crippen molar-refractivity contribution in [1.82, 2.24) is 20.2 Å². The number of nitrogens with zero attached hydrogens (tertiary/aromatic N) is 2. The van der Waals surface area contributed by atoms with E-state index in [0.717, 1.165) is 36.6 Å². The molecule has 0 bridgehead atoms. The van der Waals surface area contributed by atoms with Crippen molar-refractivity contribution in [3.8, 4) is 0 Å². The van der Waals surface area contributed by atoms with Gasteiger partial charge in [0.1, 0.15) is 0 Å². The van der Waals surface area contributed by atoms with Gasteiger partial charge in [-0.1, -0.05) is 12.1 Å². The molecule has 6 heteroatoms. The van der Waals surface area contributed by atoms with E-state index in [1.807, 2.05) is 48.3 Å². The van der Waals surface area contributed by atoms with Crippen LogP contribution in [0.1, 0.15) is 11.3 Å². The number of hydrogen-bond acceptors (Lipinski definition) is 4. The molecule has 6 nitrogen and oxygen atoms in total. The van der Waals surface area contributed by atoms with Crippen LogP contribution in [0.2, 0.25) is 0 Å². The number of piperazine rings is 1. The van der Waals surface area contributed by atoms with E-state index in [0.29, 0.717) is 6.54 Å². The topological polar surface area (TPSA) is 71.0 Å². The second-order valence-electron chi connectivity index (χ2n) is 5.59. The van der Waals surface area contributed by atoms with E-state index >= 15 is 0 Å². The predicted molar refractivity (Wildman–Crippen MR) is 85.8 cm³/mol. The highest BCUT2D eigenvalue weighted by Crippen LogP contribution is 2.13. The summed E-state index contributed by atoms with van der Waals surface area (Å²) in [4.78, 5) is 16.4. The Morgan fingerprint density at radius 1 is 1.45 bits per heavy atom. The first kappa shape index (κ1) is 14.7. The fourth-order valence-electron chi connectivity index (χ4n) is 2.58. The molecular formula is C16H21N5O. The van der Waals surface area contributed by atoms with E-state index in [9.17, 15) is 4.79 Å². The second-order valence-corrected chi connectivity index (χ2v) is 5.59. The average molecular weight is 299 g/mol. The van der Waals surface area contributed by atoms with Crippen molar-refractivity contribution >= 4 is 11.6 Å². The Morgan fingerprint density at radius 2 is 2.36 bits per heavy atom. The van der Waals surface area contributed by atoms with Crippen LogP contribution in [0.25, 0.3) is 0 Å². The second kappa shape index (κ2) is 6.72. The Hall–Kier alpha value is -2.18. The van der Waals surface area contributed by atoms with Gasteiger partial charge in [-0.15, -0.1) is 0 Å². The highest BCUT2D eigenvalue weighted by molar-refractivity contribution is 5.95. The van der Waals surface area contributed by atoms with E-state index in [2.05, 4.69) is 20.9 Å². The number of rotatable bonds is 4. The van der Waals surface area contributed by atoms with Crippen LogP contribution in [0.4, 0.5) is 5.69 Å². The van der Waals surface area contributed by atoms with E-state index in [1.54, 1.807) is 0 Å². The molecule has 1 fully saturated rings. The molecule has 1 unspecified atom stereocenters. The summed E-state index contributed by atoms with van der Waals surface area (Å²) in [6, 6.07) is 7.75. The first-order valence-electron chi connectivity index (χ1n) is 7.53. The molecule has 1 saturated heterocycles. The van der Waals surface area contributed by atoms with Gasteiger partial charge in [0, 0.05) is 38.1 Å². The molecule has 1 aromatic heterocycles. The van der Waals surface area contributed by atoms with Gasteiger partial charge in [0.15, 0.2) is 0 Å². The van der Waals surface area contributed by atoms with Crippen LogP contribution in [0, 0.1) is 6.92 Å². The van der Waals surface area contributed by atoms with Crippen molar-refractivity contribution in [2.24, 2.45) is 0 Å². The number of amides is 1. The number of hydrogen-bond donors (Lipinski definition) is 3. The monoisotopic (exact) mass is 299 g/mol. The molecule has 1 aliphatic heterocycles. The Labute approximate surface area is 129 Å². The lowest BCUT2D eigenvalue weighted by Gasteiger charge is -2.23. The van der Waals surface area contributed by atoms with Crippen molar-refractivity contribution in [3.05, 3.63) is 48.0 Å². The Balaban J connectivity index is 1.64. The molecule has 0 aliphatic carbocycles. The van der Waals surface area contributed by atoms with Crippen LogP contribution in [-0.4, -0.2) is 41.1 Å². The van der Waals surface area contributed by atoms with Crippen LogP contribution >= 0.6 is 0 Å². The minimum atomic E-state index is -0.172. The van der Waals surface area contributed by atoms with Crippen molar-refractivity contribution in [3.63, 3.8) is 0 Å². The van der Waals surface area contributed by atoms with Gasteiger partial charge in [0.05, 0.1) is 18.1 Å². The standard InChI is InChI=1S/C16H21N5O/c1-12-9-21(11-19-12)10-13-3-2-4-14(7-13)20-16(22)15-8-17-5-6-18-15/h2-4,7,9,11,15,17-18H,5-6,8,10H2,1H3,(H,20,22). The lowest BCUT2D eigenvalue weighted by Crippen LogP contribution is -2.54. The smallest absolute Gasteiger partial charge is 0.242 e. The van der Waals surface area contributed by atoms with Gasteiger partial charge in [0.25, 0.3) is 0 Å². The molecule has 2 heterocycles. The summed E-state index contributed by atoms with van der Waals surface area (Å²) < 4.78 is 2.03. The third kappa shape index (κ3) is 3.72. The number of aryl methyl sites for hydroxylation is 1. The summed E-state index contributed by atoms with van der Waals surface area (Å²) in [5.41, 5.74) is 2.96. The molecule has 1 atom stereocenters. The minimum absolute atomic E-state index is 0.00262. The van der Waals surface area contributed by atoms with Crippen molar-refractivity contribution < 1.29 is 4.79 Å². The summed E-state index contributed by atoms with van der Waals surface area (Å²) in [6.45, 7) is 5.10. The quantitative estimate of drug-likeness (QED) is 0.779. The van der Waals surface area contributed by atoms with Crippen LogP contribution in [-0.2, 0) is 11.3 Å². The number of benzene rings is 1. The predicted octanol–water partition coefficient (Wildman–Crippen LogP) is 0.740. The lowest BCUT2D eigenvalue weighted by atomic mass is 10.1. The maximum atomic E-state index is 12.2. The lowest BCUT2D eigenvalue weighted by molar-refractivity contribution is -0.118. The van der Waals surface area contributed by atoms with Crippen molar-refractivity contribution in [1.29, 1.82) is 0 Å². The zero-order valence-corrected chi connectivity index (χ0v) is 12.7. The summed E-state index contributed by atoms with van der Waals surface area (Å²) in [5.74, 6) is 0.00262. The fraction of sp³-hybridized carbons (Fsp3) is 0.375. The van der Waals surface area contributed by atoms with E-state index < -0.39 is 0 Å². The first-order chi connectivity index (χ1) is 10.7. The number of aromatic nitrogens is 2. The zero-order valence-electron chi connectivity index (χ0n) is 12.7. The maximum Gasteiger partial charge on any atom is 0.242 e. The van der Waals surface area contributed by atoms with Crippen LogP contribution in [0.5, 0.6) is 0 Å². The first-order valence-corrected chi connectivity index (χ1v) is 7.53. The van der Waals surface area contributed by atoms with Gasteiger partial charge in [-0.25, -0.2) is 4.98 Å². The molecule has 0 radical (unpaired) electrons. The number of imidazole rings is 1. The molecule has 3 rings (SSSR count). The SMILES string of the molecule is Cc1cn(Cc2cccc(NC(=O)C3CNCCN3)c2)cn1. The third-order valence-electron chi connectivity index (χ3n) is 3.68. The summed E-state index contributed by atoms with van der Waals surface area (Å²) in [6.07, 6.45) is 3.82. The van der Waals surface area contributed by atoms with Gasteiger partial charge in [0.2, 0.25) is 5.91 Å². The highest BCUT2D eigenvalue weighted by atomic mass is 16.2. The highest BCUT2D eigenvalue weighted by Gasteiger charge is 2.20. The number of nitrogens with one attached hydrogen (secondary N) is 3. The largest absolute Gasteiger partial charge is 0.333 e. The average Bonchev–Trinajstić information content (AvgIpc) is 2.93. The fourth-order valence-corrected chi connectivity index (χ4v) is 2.58. The van der Waals surface area contributed by atoms with E-state index in [1.165, 1.54) is 0 Å². The molecular weight excluding hydrogens is 278 g/mol. The van der Waals surface area contributed by atoms with Gasteiger partial charge in [-0.05, 0) is 24.6 Å². The summed E-state index contributed by atoms with van der Waals surface area (Å²) >= 11 is 0. The van der Waals surface area contributed by atoms with Crippen LogP contribution < -0.4 is 16.0 Å². The van der Waals surface area contributed by atoms with Gasteiger partial charge in [-0.3, -0.25) is 4.79 Å². The number of carbonyl (C=O) groups excluding carboxylic acids is 1.